The Balaban J connectivity index is 2.96. The molecule has 3 nitrogen and oxygen atoms in total. The van der Waals surface area contributed by atoms with Gasteiger partial charge in [0.15, 0.2) is 6.29 Å². The fraction of sp³-hybridized carbons (Fsp3) is 0.111. The molecule has 0 aliphatic carbocycles. The lowest BCUT2D eigenvalue weighted by Gasteiger charge is -1.98. The Hall–Kier alpha value is -1.35. The normalized spacial score (nSPS) is 10.6. The van der Waals surface area contributed by atoms with E-state index in [0.29, 0.717) is 10.6 Å². The highest BCUT2D eigenvalue weighted by Gasteiger charge is 2.07. The Morgan fingerprint density at radius 2 is 2.31 bits per heavy atom. The minimum absolute atomic E-state index is 0.611. The molecular weight excluding hydrogens is 188 g/mol. The third-order valence-corrected chi connectivity index (χ3v) is 2.34. The van der Waals surface area contributed by atoms with Gasteiger partial charge in [0.25, 0.3) is 0 Å². The second-order valence-corrected chi connectivity index (χ2v) is 3.19. The second kappa shape index (κ2) is 2.85. The lowest BCUT2D eigenvalue weighted by atomic mass is 10.1. The number of aryl methyl sites for hydroxylation is 1. The summed E-state index contributed by atoms with van der Waals surface area (Å²) in [6.45, 7) is 0. The first-order valence-electron chi connectivity index (χ1n) is 3.79. The second-order valence-electron chi connectivity index (χ2n) is 2.78. The molecule has 1 aromatic heterocycles. The molecule has 0 unspecified atom stereocenters. The maximum absolute atomic E-state index is 10.7. The van der Waals surface area contributed by atoms with Crippen molar-refractivity contribution in [1.29, 1.82) is 0 Å². The first-order chi connectivity index (χ1) is 6.24. The van der Waals surface area contributed by atoms with Crippen LogP contribution < -0.4 is 0 Å². The Bertz CT molecular complexity index is 476. The Morgan fingerprint density at radius 3 is 3.00 bits per heavy atom. The summed E-state index contributed by atoms with van der Waals surface area (Å²) in [5.41, 5.74) is 1.39. The molecule has 4 heteroatoms. The number of aromatic nitrogens is 2. The topological polar surface area (TPSA) is 34.9 Å². The smallest absolute Gasteiger partial charge is 0.152 e. The quantitative estimate of drug-likeness (QED) is 0.652. The number of carbonyl (C=O) groups excluding carboxylic acids is 1. The largest absolute Gasteiger partial charge is 0.298 e. The van der Waals surface area contributed by atoms with E-state index in [2.05, 4.69) is 5.10 Å². The highest BCUT2D eigenvalue weighted by Crippen LogP contribution is 2.24. The van der Waals surface area contributed by atoms with Crippen LogP contribution >= 0.6 is 11.6 Å². The van der Waals surface area contributed by atoms with Crippen molar-refractivity contribution in [1.82, 2.24) is 9.78 Å². The number of halogens is 1. The summed E-state index contributed by atoms with van der Waals surface area (Å²) < 4.78 is 1.64. The van der Waals surface area contributed by atoms with Gasteiger partial charge in [-0.05, 0) is 12.1 Å². The van der Waals surface area contributed by atoms with Gasteiger partial charge in [0.1, 0.15) is 0 Å². The monoisotopic (exact) mass is 194 g/mol. The number of benzene rings is 1. The molecule has 0 aliphatic heterocycles. The summed E-state index contributed by atoms with van der Waals surface area (Å²) >= 11 is 5.93. The van der Waals surface area contributed by atoms with E-state index in [9.17, 15) is 4.79 Å². The molecule has 0 aliphatic rings. The maximum atomic E-state index is 10.7. The zero-order valence-electron chi connectivity index (χ0n) is 6.99. The van der Waals surface area contributed by atoms with E-state index in [1.807, 2.05) is 0 Å². The summed E-state index contributed by atoms with van der Waals surface area (Å²) in [7, 11) is 1.78. The van der Waals surface area contributed by atoms with Crippen LogP contribution in [0.15, 0.2) is 18.3 Å². The van der Waals surface area contributed by atoms with Crippen LogP contribution in [0.25, 0.3) is 10.9 Å². The molecular formula is C9H7ClN2O. The number of carbonyl (C=O) groups is 1. The fourth-order valence-corrected chi connectivity index (χ4v) is 1.58. The molecule has 0 saturated heterocycles. The van der Waals surface area contributed by atoms with Crippen LogP contribution in [0.3, 0.4) is 0 Å². The van der Waals surface area contributed by atoms with Gasteiger partial charge in [-0.25, -0.2) is 0 Å². The van der Waals surface area contributed by atoms with Gasteiger partial charge in [0.05, 0.1) is 16.7 Å². The van der Waals surface area contributed by atoms with E-state index in [0.717, 1.165) is 17.2 Å². The number of hydrogen-bond acceptors (Lipinski definition) is 2. The molecule has 2 rings (SSSR count). The molecule has 0 atom stereocenters. The van der Waals surface area contributed by atoms with Gasteiger partial charge in [-0.3, -0.25) is 9.48 Å². The van der Waals surface area contributed by atoms with Crippen LogP contribution in [0.5, 0.6) is 0 Å². The van der Waals surface area contributed by atoms with E-state index in [1.165, 1.54) is 0 Å². The van der Waals surface area contributed by atoms with Crippen LogP contribution in [-0.2, 0) is 7.05 Å². The first kappa shape index (κ1) is 8.26. The molecule has 0 bridgehead atoms. The molecule has 0 radical (unpaired) electrons. The third-order valence-electron chi connectivity index (χ3n) is 2.01. The van der Waals surface area contributed by atoms with Gasteiger partial charge < -0.3 is 0 Å². The number of aldehydes is 1. The summed E-state index contributed by atoms with van der Waals surface area (Å²) in [6, 6.07) is 3.40. The number of nitrogens with zero attached hydrogens (tertiary/aromatic N) is 2. The fourth-order valence-electron chi connectivity index (χ4n) is 1.38. The van der Waals surface area contributed by atoms with Crippen molar-refractivity contribution in [3.8, 4) is 0 Å². The van der Waals surface area contributed by atoms with E-state index in [1.54, 1.807) is 30.1 Å². The van der Waals surface area contributed by atoms with Gasteiger partial charge in [0.2, 0.25) is 0 Å². The molecule has 0 amide bonds. The molecule has 2 aromatic rings. The van der Waals surface area contributed by atoms with Crippen molar-refractivity contribution in [3.63, 3.8) is 0 Å². The van der Waals surface area contributed by atoms with Crippen molar-refractivity contribution in [2.45, 2.75) is 0 Å². The van der Waals surface area contributed by atoms with Gasteiger partial charge >= 0.3 is 0 Å². The summed E-state index contributed by atoms with van der Waals surface area (Å²) in [4.78, 5) is 10.7. The molecule has 0 saturated carbocycles. The van der Waals surface area contributed by atoms with E-state index >= 15 is 0 Å². The molecule has 1 aromatic carbocycles. The van der Waals surface area contributed by atoms with Crippen molar-refractivity contribution < 1.29 is 4.79 Å². The van der Waals surface area contributed by atoms with Crippen molar-refractivity contribution >= 4 is 28.8 Å². The van der Waals surface area contributed by atoms with Gasteiger partial charge in [-0.15, -0.1) is 0 Å². The molecule has 1 heterocycles. The van der Waals surface area contributed by atoms with Crippen LogP contribution in [-0.4, -0.2) is 16.1 Å². The SMILES string of the molecule is Cn1ncc2c(Cl)ccc(C=O)c21. The third kappa shape index (κ3) is 1.12. The number of hydrogen-bond donors (Lipinski definition) is 0. The first-order valence-corrected chi connectivity index (χ1v) is 4.17. The van der Waals surface area contributed by atoms with Crippen LogP contribution in [0.1, 0.15) is 10.4 Å². The van der Waals surface area contributed by atoms with Crippen molar-refractivity contribution in [2.75, 3.05) is 0 Å². The average molecular weight is 195 g/mol. The molecule has 13 heavy (non-hydrogen) atoms. The van der Waals surface area contributed by atoms with Gasteiger partial charge in [0, 0.05) is 18.0 Å². The zero-order valence-corrected chi connectivity index (χ0v) is 7.75. The maximum Gasteiger partial charge on any atom is 0.152 e. The minimum Gasteiger partial charge on any atom is -0.298 e. The predicted octanol–water partition coefficient (Wildman–Crippen LogP) is 2.04. The molecule has 0 spiro atoms. The molecule has 66 valence electrons. The summed E-state index contributed by atoms with van der Waals surface area (Å²) in [5.74, 6) is 0. The minimum atomic E-state index is 0.611. The lowest BCUT2D eigenvalue weighted by molar-refractivity contribution is 0.112. The van der Waals surface area contributed by atoms with Crippen molar-refractivity contribution in [3.05, 3.63) is 28.9 Å². The lowest BCUT2D eigenvalue weighted by Crippen LogP contribution is -1.93. The average Bonchev–Trinajstić information content (AvgIpc) is 2.51. The van der Waals surface area contributed by atoms with Crippen molar-refractivity contribution in [2.24, 2.45) is 7.05 Å². The summed E-state index contributed by atoms with van der Waals surface area (Å²) in [6.07, 6.45) is 2.46. The van der Waals surface area contributed by atoms with Gasteiger partial charge in [-0.1, -0.05) is 11.6 Å². The summed E-state index contributed by atoms with van der Waals surface area (Å²) in [5, 5.41) is 5.47. The van der Waals surface area contributed by atoms with E-state index in [4.69, 9.17) is 11.6 Å². The zero-order chi connectivity index (χ0) is 9.42. The number of fused-ring (bicyclic) bond motifs is 1. The highest BCUT2D eigenvalue weighted by molar-refractivity contribution is 6.35. The van der Waals surface area contributed by atoms with Crippen LogP contribution in [0.2, 0.25) is 5.02 Å². The predicted molar refractivity (Wildman–Crippen MR) is 51.1 cm³/mol. The van der Waals surface area contributed by atoms with E-state index in [-0.39, 0.29) is 0 Å². The van der Waals surface area contributed by atoms with Crippen LogP contribution in [0.4, 0.5) is 0 Å². The van der Waals surface area contributed by atoms with Crippen LogP contribution in [0, 0.1) is 0 Å². The Morgan fingerprint density at radius 1 is 1.54 bits per heavy atom. The van der Waals surface area contributed by atoms with E-state index < -0.39 is 0 Å². The highest BCUT2D eigenvalue weighted by atomic mass is 35.5. The number of rotatable bonds is 1. The Kier molecular flexibility index (Phi) is 1.81. The molecule has 0 N–H and O–H groups in total. The standard InChI is InChI=1S/C9H7ClN2O/c1-12-9-6(5-13)2-3-8(10)7(9)4-11-12/h2-5H,1H3. The Labute approximate surface area is 79.9 Å². The van der Waals surface area contributed by atoms with Gasteiger partial charge in [-0.2, -0.15) is 5.10 Å². The molecule has 0 fully saturated rings.